The van der Waals surface area contributed by atoms with Crippen molar-refractivity contribution in [3.05, 3.63) is 41.6 Å². The third-order valence-corrected chi connectivity index (χ3v) is 9.29. The minimum Gasteiger partial charge on any atom is -0.366 e. The van der Waals surface area contributed by atoms with Crippen molar-refractivity contribution in [1.82, 2.24) is 24.7 Å². The monoisotopic (exact) mass is 617 g/mol. The van der Waals surface area contributed by atoms with Gasteiger partial charge in [0, 0.05) is 49.7 Å². The van der Waals surface area contributed by atoms with Gasteiger partial charge in [0.15, 0.2) is 0 Å². The van der Waals surface area contributed by atoms with Gasteiger partial charge < -0.3 is 25.3 Å². The molecule has 2 aromatic rings. The van der Waals surface area contributed by atoms with Gasteiger partial charge in [0.05, 0.1) is 5.92 Å². The van der Waals surface area contributed by atoms with Crippen LogP contribution in [0.15, 0.2) is 30.5 Å². The lowest BCUT2D eigenvalue weighted by molar-refractivity contribution is -0.137. The average Bonchev–Trinajstić information content (AvgIpc) is 3.45. The van der Waals surface area contributed by atoms with Gasteiger partial charge in [0.25, 0.3) is 5.91 Å². The predicted molar refractivity (Wildman–Crippen MR) is 166 cm³/mol. The van der Waals surface area contributed by atoms with Gasteiger partial charge in [-0.05, 0) is 88.8 Å². The summed E-state index contributed by atoms with van der Waals surface area (Å²) in [5.41, 5.74) is 0.0982. The van der Waals surface area contributed by atoms with E-state index in [9.17, 15) is 22.8 Å². The van der Waals surface area contributed by atoms with Crippen molar-refractivity contribution < 1.29 is 22.8 Å². The first-order valence-corrected chi connectivity index (χ1v) is 15.3. The SMILES string of the molecule is C.CC1CCN(C(=O)[C@H]2CCC[C@H]2Nc2nc(Nc3ccc(C(=O)N(C)C4CCN(C)CC4)cc3)ncc2C(F)(F)F)CC1. The Kier molecular flexibility index (Phi) is 10.8. The standard InChI is InChI=1S/C31H42F3N7O2.CH4/c1-20-11-17-41(18-12-20)29(43)24-5-4-6-26(24)37-27-25(31(32,33)34)19-35-30(38-27)36-22-9-7-21(8-10-22)28(42)40(3)23-13-15-39(2)16-14-23;/h7-10,19-20,23-24,26H,4-6,11-18H2,1-3H3,(H2,35,36,37,38);1H4/t24-,26+;/m0./s1. The summed E-state index contributed by atoms with van der Waals surface area (Å²) in [7, 11) is 3.90. The van der Waals surface area contributed by atoms with Crippen LogP contribution in [0.25, 0.3) is 0 Å². The molecule has 1 aliphatic carbocycles. The zero-order valence-corrected chi connectivity index (χ0v) is 25.2. The van der Waals surface area contributed by atoms with Gasteiger partial charge in [-0.25, -0.2) is 4.98 Å². The smallest absolute Gasteiger partial charge is 0.366 e. The highest BCUT2D eigenvalue weighted by Gasteiger charge is 2.40. The van der Waals surface area contributed by atoms with Crippen molar-refractivity contribution in [3.8, 4) is 0 Å². The largest absolute Gasteiger partial charge is 0.421 e. The summed E-state index contributed by atoms with van der Waals surface area (Å²) in [5.74, 6) is -0.224. The summed E-state index contributed by atoms with van der Waals surface area (Å²) < 4.78 is 41.8. The molecule has 2 amide bonds. The summed E-state index contributed by atoms with van der Waals surface area (Å²) >= 11 is 0. The maximum atomic E-state index is 13.9. The van der Waals surface area contributed by atoms with Crippen LogP contribution < -0.4 is 10.6 Å². The molecule has 1 aromatic heterocycles. The third-order valence-electron chi connectivity index (χ3n) is 9.29. The highest BCUT2D eigenvalue weighted by Crippen LogP contribution is 2.37. The second kappa shape index (κ2) is 14.1. The summed E-state index contributed by atoms with van der Waals surface area (Å²) in [5, 5.41) is 5.95. The number of nitrogens with one attached hydrogen (secondary N) is 2. The van der Waals surface area contributed by atoms with E-state index in [0.717, 1.165) is 51.4 Å². The number of hydrogen-bond donors (Lipinski definition) is 2. The van der Waals surface area contributed by atoms with Crippen molar-refractivity contribution in [2.75, 3.05) is 50.9 Å². The number of piperidine rings is 2. The van der Waals surface area contributed by atoms with Gasteiger partial charge in [0.2, 0.25) is 11.9 Å². The van der Waals surface area contributed by atoms with Crippen LogP contribution in [0, 0.1) is 11.8 Å². The summed E-state index contributed by atoms with van der Waals surface area (Å²) in [4.78, 5) is 40.4. The Morgan fingerprint density at radius 2 is 1.64 bits per heavy atom. The quantitative estimate of drug-likeness (QED) is 0.401. The number of halogens is 3. The Hall–Kier alpha value is -3.41. The number of amides is 2. The number of alkyl halides is 3. The number of hydrogen-bond acceptors (Lipinski definition) is 7. The first-order valence-electron chi connectivity index (χ1n) is 15.3. The molecule has 2 aliphatic heterocycles. The molecule has 0 radical (unpaired) electrons. The van der Waals surface area contributed by atoms with Crippen molar-refractivity contribution in [3.63, 3.8) is 0 Å². The molecule has 3 aliphatic rings. The Balaban J connectivity index is 0.00000442. The fourth-order valence-corrected chi connectivity index (χ4v) is 6.40. The number of anilines is 3. The summed E-state index contributed by atoms with van der Waals surface area (Å²) in [6, 6.07) is 6.50. The highest BCUT2D eigenvalue weighted by molar-refractivity contribution is 5.94. The van der Waals surface area contributed by atoms with Crippen LogP contribution in [0.3, 0.4) is 0 Å². The fraction of sp³-hybridized carbons (Fsp3) is 0.625. The molecule has 0 spiro atoms. The molecule has 0 unspecified atom stereocenters. The Morgan fingerprint density at radius 3 is 2.27 bits per heavy atom. The van der Waals surface area contributed by atoms with Crippen LogP contribution in [-0.4, -0.2) is 88.8 Å². The van der Waals surface area contributed by atoms with E-state index in [1.807, 2.05) is 11.9 Å². The van der Waals surface area contributed by atoms with Crippen LogP contribution in [0.5, 0.6) is 0 Å². The van der Waals surface area contributed by atoms with Crippen molar-refractivity contribution in [1.29, 1.82) is 0 Å². The molecule has 12 heteroatoms. The zero-order chi connectivity index (χ0) is 30.7. The molecular formula is C32H46F3N7O2. The summed E-state index contributed by atoms with van der Waals surface area (Å²) in [6.07, 6.45) is 1.83. The molecule has 9 nitrogen and oxygen atoms in total. The van der Waals surface area contributed by atoms with E-state index >= 15 is 0 Å². The van der Waals surface area contributed by atoms with Gasteiger partial charge in [-0.3, -0.25) is 9.59 Å². The van der Waals surface area contributed by atoms with Crippen LogP contribution in [-0.2, 0) is 11.0 Å². The Morgan fingerprint density at radius 1 is 0.977 bits per heavy atom. The van der Waals surface area contributed by atoms with Crippen molar-refractivity contribution >= 4 is 29.3 Å². The van der Waals surface area contributed by atoms with Crippen molar-refractivity contribution in [2.24, 2.45) is 11.8 Å². The summed E-state index contributed by atoms with van der Waals surface area (Å²) in [6.45, 7) is 5.45. The minimum atomic E-state index is -4.66. The molecule has 44 heavy (non-hydrogen) atoms. The van der Waals surface area contributed by atoms with Crippen LogP contribution >= 0.6 is 0 Å². The lowest BCUT2D eigenvalue weighted by atomic mass is 9.96. The van der Waals surface area contributed by atoms with Gasteiger partial charge in [-0.2, -0.15) is 18.2 Å². The molecule has 3 heterocycles. The van der Waals surface area contributed by atoms with Crippen LogP contribution in [0.4, 0.5) is 30.6 Å². The normalized spacial score (nSPS) is 21.9. The number of carbonyl (C=O) groups is 2. The predicted octanol–water partition coefficient (Wildman–Crippen LogP) is 5.88. The molecule has 3 fully saturated rings. The fourth-order valence-electron chi connectivity index (χ4n) is 6.40. The minimum absolute atomic E-state index is 0. The first kappa shape index (κ1) is 33.5. The maximum Gasteiger partial charge on any atom is 0.421 e. The molecule has 1 aromatic carbocycles. The van der Waals surface area contributed by atoms with Gasteiger partial charge in [-0.1, -0.05) is 20.8 Å². The maximum absolute atomic E-state index is 13.9. The highest BCUT2D eigenvalue weighted by atomic mass is 19.4. The molecule has 2 saturated heterocycles. The second-order valence-corrected chi connectivity index (χ2v) is 12.4. The molecule has 0 bridgehead atoms. The molecule has 5 rings (SSSR count). The third kappa shape index (κ3) is 7.80. The van der Waals surface area contributed by atoms with Crippen molar-refractivity contribution in [2.45, 2.75) is 77.6 Å². The molecule has 242 valence electrons. The number of carbonyl (C=O) groups excluding carboxylic acids is 2. The van der Waals surface area contributed by atoms with E-state index in [0.29, 0.717) is 43.1 Å². The second-order valence-electron chi connectivity index (χ2n) is 12.4. The van der Waals surface area contributed by atoms with E-state index in [-0.39, 0.29) is 37.0 Å². The lowest BCUT2D eigenvalue weighted by Gasteiger charge is -2.35. The number of benzene rings is 1. The number of rotatable bonds is 7. The van der Waals surface area contributed by atoms with Crippen LogP contribution in [0.2, 0.25) is 0 Å². The molecular weight excluding hydrogens is 571 g/mol. The van der Waals surface area contributed by atoms with E-state index < -0.39 is 23.7 Å². The van der Waals surface area contributed by atoms with E-state index in [1.54, 1.807) is 29.2 Å². The zero-order valence-electron chi connectivity index (χ0n) is 25.2. The van der Waals surface area contributed by atoms with Crippen LogP contribution in [0.1, 0.15) is 75.2 Å². The number of aromatic nitrogens is 2. The van der Waals surface area contributed by atoms with E-state index in [2.05, 4.69) is 39.5 Å². The topological polar surface area (TPSA) is 93.7 Å². The average molecular weight is 618 g/mol. The van der Waals surface area contributed by atoms with Gasteiger partial charge >= 0.3 is 6.18 Å². The number of nitrogens with zero attached hydrogens (tertiary/aromatic N) is 5. The van der Waals surface area contributed by atoms with E-state index in [4.69, 9.17) is 0 Å². The van der Waals surface area contributed by atoms with Gasteiger partial charge in [-0.15, -0.1) is 0 Å². The molecule has 2 atom stereocenters. The molecule has 2 N–H and O–H groups in total. The lowest BCUT2D eigenvalue weighted by Crippen LogP contribution is -2.44. The Bertz CT molecular complexity index is 1270. The molecule has 1 saturated carbocycles. The van der Waals surface area contributed by atoms with Gasteiger partial charge in [0.1, 0.15) is 11.4 Å². The Labute approximate surface area is 258 Å². The first-order chi connectivity index (χ1) is 20.5. The van der Waals surface area contributed by atoms with E-state index in [1.165, 1.54) is 0 Å². The number of likely N-dealkylation sites (tertiary alicyclic amines) is 2.